The highest BCUT2D eigenvalue weighted by Gasteiger charge is 2.14. The normalized spacial score (nSPS) is 11.0. The van der Waals surface area contributed by atoms with Gasteiger partial charge in [0.25, 0.3) is 5.56 Å². The number of hydrogen-bond donors (Lipinski definition) is 0. The molecule has 0 N–H and O–H groups in total. The van der Waals surface area contributed by atoms with E-state index >= 15 is 0 Å². The summed E-state index contributed by atoms with van der Waals surface area (Å²) in [5, 5.41) is 1.88. The number of para-hydroxylation sites is 1. The van der Waals surface area contributed by atoms with Gasteiger partial charge in [-0.15, -0.1) is 0 Å². The Labute approximate surface area is 165 Å². The van der Waals surface area contributed by atoms with Gasteiger partial charge in [0.1, 0.15) is 5.82 Å². The topological polar surface area (TPSA) is 47.8 Å². The molecule has 6 heteroatoms. The smallest absolute Gasteiger partial charge is 0.267 e. The average Bonchev–Trinajstić information content (AvgIpc) is 2.66. The Morgan fingerprint density at radius 2 is 1.93 bits per heavy atom. The van der Waals surface area contributed by atoms with Gasteiger partial charge in [0.2, 0.25) is 0 Å². The third-order valence-electron chi connectivity index (χ3n) is 4.13. The van der Waals surface area contributed by atoms with Crippen LogP contribution in [-0.2, 0) is 5.75 Å². The molecule has 0 radical (unpaired) electrons. The largest absolute Gasteiger partial charge is 0.268 e. The van der Waals surface area contributed by atoms with E-state index in [0.29, 0.717) is 32.7 Å². The minimum Gasteiger partial charge on any atom is -0.268 e. The molecule has 2 heterocycles. The number of pyridine rings is 1. The van der Waals surface area contributed by atoms with Crippen LogP contribution >= 0.6 is 23.4 Å². The van der Waals surface area contributed by atoms with Crippen molar-refractivity contribution >= 4 is 34.3 Å². The van der Waals surface area contributed by atoms with Crippen LogP contribution in [0, 0.1) is 6.92 Å². The van der Waals surface area contributed by atoms with E-state index in [4.69, 9.17) is 16.6 Å². The SMILES string of the molecule is Cc1ccnc(-n2c(SCc3cccc(Cl)c3)nc3ccccc3c2=O)c1. The molecule has 134 valence electrons. The second-order valence-corrected chi connectivity index (χ2v) is 7.54. The van der Waals surface area contributed by atoms with E-state index in [9.17, 15) is 4.79 Å². The molecular weight excluding hydrogens is 378 g/mol. The average molecular weight is 394 g/mol. The van der Waals surface area contributed by atoms with Crippen molar-refractivity contribution in [2.24, 2.45) is 0 Å². The number of thioether (sulfide) groups is 1. The third kappa shape index (κ3) is 3.75. The molecule has 4 aromatic rings. The molecule has 0 aliphatic carbocycles. The number of halogens is 1. The number of hydrogen-bond acceptors (Lipinski definition) is 4. The lowest BCUT2D eigenvalue weighted by Crippen LogP contribution is -2.22. The minimum absolute atomic E-state index is 0.118. The summed E-state index contributed by atoms with van der Waals surface area (Å²) in [4.78, 5) is 22.3. The minimum atomic E-state index is -0.118. The first-order valence-corrected chi connectivity index (χ1v) is 9.80. The van der Waals surface area contributed by atoms with Crippen molar-refractivity contribution in [3.63, 3.8) is 0 Å². The molecule has 0 fully saturated rings. The quantitative estimate of drug-likeness (QED) is 0.360. The fourth-order valence-corrected chi connectivity index (χ4v) is 3.98. The highest BCUT2D eigenvalue weighted by Crippen LogP contribution is 2.25. The van der Waals surface area contributed by atoms with Crippen molar-refractivity contribution < 1.29 is 0 Å². The zero-order valence-corrected chi connectivity index (χ0v) is 16.2. The summed E-state index contributed by atoms with van der Waals surface area (Å²) < 4.78 is 1.59. The molecular formula is C21H16ClN3OS. The molecule has 0 spiro atoms. The molecule has 2 aromatic carbocycles. The Balaban J connectivity index is 1.84. The second-order valence-electron chi connectivity index (χ2n) is 6.16. The second kappa shape index (κ2) is 7.55. The Hall–Kier alpha value is -2.63. The van der Waals surface area contributed by atoms with E-state index < -0.39 is 0 Å². The zero-order valence-electron chi connectivity index (χ0n) is 14.6. The van der Waals surface area contributed by atoms with Crippen molar-refractivity contribution in [2.75, 3.05) is 0 Å². The first-order valence-electron chi connectivity index (χ1n) is 8.44. The lowest BCUT2D eigenvalue weighted by Gasteiger charge is -2.13. The van der Waals surface area contributed by atoms with Gasteiger partial charge < -0.3 is 0 Å². The van der Waals surface area contributed by atoms with Gasteiger partial charge >= 0.3 is 0 Å². The zero-order chi connectivity index (χ0) is 18.8. The Kier molecular flexibility index (Phi) is 4.97. The third-order valence-corrected chi connectivity index (χ3v) is 5.38. The predicted octanol–water partition coefficient (Wildman–Crippen LogP) is 5.03. The molecule has 4 rings (SSSR count). The summed E-state index contributed by atoms with van der Waals surface area (Å²) in [7, 11) is 0. The number of aromatic nitrogens is 3. The van der Waals surface area contributed by atoms with Gasteiger partial charge in [-0.1, -0.05) is 47.6 Å². The van der Waals surface area contributed by atoms with Crippen LogP contribution in [0.2, 0.25) is 5.02 Å². The molecule has 0 aliphatic heterocycles. The molecule has 0 amide bonds. The van der Waals surface area contributed by atoms with Crippen LogP contribution in [0.5, 0.6) is 0 Å². The molecule has 0 atom stereocenters. The molecule has 0 saturated carbocycles. The molecule has 4 nitrogen and oxygen atoms in total. The predicted molar refractivity (Wildman–Crippen MR) is 111 cm³/mol. The summed E-state index contributed by atoms with van der Waals surface area (Å²) in [6, 6.07) is 18.9. The maximum Gasteiger partial charge on any atom is 0.267 e. The standard InChI is InChI=1S/C21H16ClN3OS/c1-14-9-10-23-19(11-14)25-20(26)17-7-2-3-8-18(17)24-21(25)27-13-15-5-4-6-16(22)12-15/h2-12H,13H2,1H3. The highest BCUT2D eigenvalue weighted by molar-refractivity contribution is 7.98. The number of aryl methyl sites for hydroxylation is 1. The van der Waals surface area contributed by atoms with E-state index in [1.54, 1.807) is 16.8 Å². The van der Waals surface area contributed by atoms with Gasteiger partial charge in [0.15, 0.2) is 5.16 Å². The number of benzene rings is 2. The van der Waals surface area contributed by atoms with Gasteiger partial charge in [-0.25, -0.2) is 14.5 Å². The Morgan fingerprint density at radius 1 is 1.07 bits per heavy atom. The number of rotatable bonds is 4. The monoisotopic (exact) mass is 393 g/mol. The summed E-state index contributed by atoms with van der Waals surface area (Å²) in [5.74, 6) is 1.23. The molecule has 0 bridgehead atoms. The van der Waals surface area contributed by atoms with Crippen LogP contribution < -0.4 is 5.56 Å². The number of fused-ring (bicyclic) bond motifs is 1. The first kappa shape index (κ1) is 17.8. The fraction of sp³-hybridized carbons (Fsp3) is 0.0952. The summed E-state index contributed by atoms with van der Waals surface area (Å²) in [5.41, 5.74) is 2.66. The summed E-state index contributed by atoms with van der Waals surface area (Å²) in [6.45, 7) is 1.98. The lowest BCUT2D eigenvalue weighted by molar-refractivity contribution is 0.794. The van der Waals surface area contributed by atoms with Crippen LogP contribution in [0.3, 0.4) is 0 Å². The van der Waals surface area contributed by atoms with Gasteiger partial charge in [-0.3, -0.25) is 4.79 Å². The molecule has 27 heavy (non-hydrogen) atoms. The van der Waals surface area contributed by atoms with E-state index in [2.05, 4.69) is 4.98 Å². The van der Waals surface area contributed by atoms with Crippen LogP contribution in [0.4, 0.5) is 0 Å². The van der Waals surface area contributed by atoms with E-state index in [0.717, 1.165) is 11.1 Å². The first-order chi connectivity index (χ1) is 13.1. The van der Waals surface area contributed by atoms with Gasteiger partial charge in [-0.05, 0) is 54.4 Å². The molecule has 0 aliphatic rings. The van der Waals surface area contributed by atoms with Gasteiger partial charge in [0.05, 0.1) is 10.9 Å². The van der Waals surface area contributed by atoms with Gasteiger partial charge in [0, 0.05) is 17.0 Å². The maximum absolute atomic E-state index is 13.2. The van der Waals surface area contributed by atoms with Crippen molar-refractivity contribution in [3.8, 4) is 5.82 Å². The van der Waals surface area contributed by atoms with Crippen LogP contribution in [0.15, 0.2) is 76.8 Å². The van der Waals surface area contributed by atoms with E-state index in [1.807, 2.05) is 61.5 Å². The van der Waals surface area contributed by atoms with Crippen molar-refractivity contribution in [3.05, 3.63) is 93.4 Å². The van der Waals surface area contributed by atoms with Crippen molar-refractivity contribution in [1.29, 1.82) is 0 Å². The molecule has 0 saturated heterocycles. The number of nitrogens with zero attached hydrogens (tertiary/aromatic N) is 3. The summed E-state index contributed by atoms with van der Waals surface area (Å²) in [6.07, 6.45) is 1.71. The highest BCUT2D eigenvalue weighted by atomic mass is 35.5. The lowest BCUT2D eigenvalue weighted by atomic mass is 10.2. The van der Waals surface area contributed by atoms with Gasteiger partial charge in [-0.2, -0.15) is 0 Å². The van der Waals surface area contributed by atoms with Crippen molar-refractivity contribution in [2.45, 2.75) is 17.8 Å². The molecule has 2 aromatic heterocycles. The van der Waals surface area contributed by atoms with Crippen LogP contribution in [0.1, 0.15) is 11.1 Å². The molecule has 0 unspecified atom stereocenters. The van der Waals surface area contributed by atoms with Crippen molar-refractivity contribution in [1.82, 2.24) is 14.5 Å². The Bertz CT molecular complexity index is 1190. The maximum atomic E-state index is 13.2. The van der Waals surface area contributed by atoms with E-state index in [-0.39, 0.29) is 5.56 Å². The van der Waals surface area contributed by atoms with Crippen LogP contribution in [-0.4, -0.2) is 14.5 Å². The van der Waals surface area contributed by atoms with E-state index in [1.165, 1.54) is 11.8 Å². The summed E-state index contributed by atoms with van der Waals surface area (Å²) >= 11 is 7.58. The Morgan fingerprint density at radius 3 is 2.74 bits per heavy atom. The van der Waals surface area contributed by atoms with Crippen LogP contribution in [0.25, 0.3) is 16.7 Å². The fourth-order valence-electron chi connectivity index (χ4n) is 2.83.